The van der Waals surface area contributed by atoms with Crippen LogP contribution in [0.4, 0.5) is 13.2 Å². The first-order valence-corrected chi connectivity index (χ1v) is 14.9. The molecule has 4 rings (SSSR count). The van der Waals surface area contributed by atoms with E-state index >= 15 is 0 Å². The highest BCUT2D eigenvalue weighted by atomic mass is 32.2. The number of halogens is 3. The summed E-state index contributed by atoms with van der Waals surface area (Å²) in [5, 5.41) is 9.07. The topological polar surface area (TPSA) is 112 Å². The second kappa shape index (κ2) is 12.0. The number of ether oxygens (including phenoxy) is 3. The molecule has 0 aliphatic carbocycles. The van der Waals surface area contributed by atoms with Crippen LogP contribution in [0.15, 0.2) is 42.6 Å². The number of nitrogens with zero attached hydrogens (tertiary/aromatic N) is 1. The first kappa shape index (κ1) is 30.2. The molecule has 0 fully saturated rings. The van der Waals surface area contributed by atoms with Gasteiger partial charge in [0, 0.05) is 23.9 Å². The van der Waals surface area contributed by atoms with Crippen LogP contribution >= 0.6 is 0 Å². The van der Waals surface area contributed by atoms with Gasteiger partial charge in [-0.1, -0.05) is 18.2 Å². The monoisotopic (exact) mass is 593 g/mol. The van der Waals surface area contributed by atoms with Crippen molar-refractivity contribution in [2.45, 2.75) is 45.4 Å². The van der Waals surface area contributed by atoms with Crippen LogP contribution in [0.1, 0.15) is 46.6 Å². The predicted octanol–water partition coefficient (Wildman–Crippen LogP) is 5.73. The first-order valence-electron chi connectivity index (χ1n) is 12.8. The van der Waals surface area contributed by atoms with Crippen LogP contribution in [-0.2, 0) is 27.4 Å². The lowest BCUT2D eigenvalue weighted by Gasteiger charge is -2.17. The average molecular weight is 594 g/mol. The molecule has 1 aliphatic rings. The maximum Gasteiger partial charge on any atom is 0.425 e. The number of carboxylic acids is 1. The number of benzene rings is 2. The molecule has 41 heavy (non-hydrogen) atoms. The van der Waals surface area contributed by atoms with Gasteiger partial charge < -0.3 is 19.3 Å². The molecule has 0 amide bonds. The quantitative estimate of drug-likeness (QED) is 0.281. The van der Waals surface area contributed by atoms with Gasteiger partial charge in [-0.2, -0.15) is 13.2 Å². The Morgan fingerprint density at radius 1 is 1.15 bits per heavy atom. The van der Waals surface area contributed by atoms with Crippen LogP contribution in [0.3, 0.4) is 0 Å². The van der Waals surface area contributed by atoms with E-state index < -0.39 is 45.1 Å². The third-order valence-electron chi connectivity index (χ3n) is 6.62. The summed E-state index contributed by atoms with van der Waals surface area (Å²) in [6.45, 7) is 3.72. The molecule has 1 atom stereocenters. The Kier molecular flexibility index (Phi) is 8.81. The van der Waals surface area contributed by atoms with E-state index in [9.17, 15) is 26.4 Å². The van der Waals surface area contributed by atoms with Crippen molar-refractivity contribution in [3.63, 3.8) is 0 Å². The molecule has 1 aromatic heterocycles. The number of alkyl halides is 3. The van der Waals surface area contributed by atoms with E-state index in [0.717, 1.165) is 22.3 Å². The van der Waals surface area contributed by atoms with Gasteiger partial charge in [-0.3, -0.25) is 4.79 Å². The van der Waals surface area contributed by atoms with E-state index in [1.807, 2.05) is 38.1 Å². The van der Waals surface area contributed by atoms with Gasteiger partial charge >= 0.3 is 12.1 Å². The molecule has 0 radical (unpaired) electrons. The summed E-state index contributed by atoms with van der Waals surface area (Å²) < 4.78 is 81.3. The van der Waals surface area contributed by atoms with Crippen molar-refractivity contribution in [2.24, 2.45) is 0 Å². The van der Waals surface area contributed by atoms with Crippen molar-refractivity contribution in [1.29, 1.82) is 0 Å². The highest BCUT2D eigenvalue weighted by molar-refractivity contribution is 7.90. The van der Waals surface area contributed by atoms with Gasteiger partial charge in [0.15, 0.2) is 5.56 Å². The molecule has 220 valence electrons. The molecule has 8 nitrogen and oxygen atoms in total. The molecule has 1 unspecified atom stereocenters. The van der Waals surface area contributed by atoms with Crippen LogP contribution in [0.25, 0.3) is 11.1 Å². The number of carbonyl (C=O) groups is 1. The Hall–Kier alpha value is -3.80. The number of sulfone groups is 1. The zero-order valence-corrected chi connectivity index (χ0v) is 23.6. The third-order valence-corrected chi connectivity index (χ3v) is 7.65. The second-order valence-electron chi connectivity index (χ2n) is 10.1. The molecule has 0 bridgehead atoms. The predicted molar refractivity (Wildman–Crippen MR) is 145 cm³/mol. The summed E-state index contributed by atoms with van der Waals surface area (Å²) in [6.07, 6.45) is -2.44. The number of aromatic nitrogens is 1. The minimum atomic E-state index is -4.82. The SMILES string of the molecule is Cc1cc(OCCCS(C)(=O)=O)cc(C)c1-c1cccc(COc2ncc3c(c2C(F)(F)F)OCC3CC(=O)O)c1. The molecule has 2 heterocycles. The van der Waals surface area contributed by atoms with Crippen molar-refractivity contribution in [3.05, 3.63) is 70.4 Å². The highest BCUT2D eigenvalue weighted by Crippen LogP contribution is 2.48. The Bertz CT molecular complexity index is 1530. The molecule has 0 spiro atoms. The van der Waals surface area contributed by atoms with Crippen molar-refractivity contribution < 1.29 is 45.7 Å². The molecule has 2 aromatic carbocycles. The van der Waals surface area contributed by atoms with E-state index in [1.165, 1.54) is 12.5 Å². The smallest absolute Gasteiger partial charge is 0.425 e. The van der Waals surface area contributed by atoms with E-state index in [0.29, 0.717) is 17.7 Å². The fourth-order valence-electron chi connectivity index (χ4n) is 4.89. The summed E-state index contributed by atoms with van der Waals surface area (Å²) in [6, 6.07) is 10.9. The number of rotatable bonds is 11. The summed E-state index contributed by atoms with van der Waals surface area (Å²) in [4.78, 5) is 15.0. The standard InChI is InChI=1S/C29H30F3NO7S/c1-17-10-22(38-8-5-9-41(3,36)37)11-18(2)25(17)20-7-4-6-19(12-20)15-40-28-26(29(30,31)32)27-23(14-33-28)21(16-39-27)13-24(34)35/h4,6-7,10-12,14,21H,5,8-9,13,15-16H2,1-3H3,(H,34,35). The lowest BCUT2D eigenvalue weighted by atomic mass is 9.94. The zero-order chi connectivity index (χ0) is 29.9. The Balaban J connectivity index is 1.52. The van der Waals surface area contributed by atoms with Gasteiger partial charge in [0.05, 0.1) is 25.4 Å². The molecular formula is C29H30F3NO7S. The first-order chi connectivity index (χ1) is 19.2. The number of hydrogen-bond acceptors (Lipinski definition) is 7. The minimum absolute atomic E-state index is 0.0433. The van der Waals surface area contributed by atoms with Crippen molar-refractivity contribution in [2.75, 3.05) is 25.2 Å². The van der Waals surface area contributed by atoms with Crippen LogP contribution in [0, 0.1) is 13.8 Å². The number of fused-ring (bicyclic) bond motifs is 1. The number of aliphatic carboxylic acids is 1. The van der Waals surface area contributed by atoms with Crippen molar-refractivity contribution >= 4 is 15.8 Å². The number of pyridine rings is 1. The number of hydrogen-bond donors (Lipinski definition) is 1. The van der Waals surface area contributed by atoms with Gasteiger partial charge in [0.25, 0.3) is 0 Å². The van der Waals surface area contributed by atoms with Crippen LogP contribution in [0.5, 0.6) is 17.4 Å². The van der Waals surface area contributed by atoms with E-state index in [2.05, 4.69) is 4.98 Å². The van der Waals surface area contributed by atoms with Gasteiger partial charge in [0.1, 0.15) is 27.9 Å². The van der Waals surface area contributed by atoms with Crippen LogP contribution in [0.2, 0.25) is 0 Å². The molecule has 1 aliphatic heterocycles. The maximum atomic E-state index is 14.0. The largest absolute Gasteiger partial charge is 0.494 e. The highest BCUT2D eigenvalue weighted by Gasteiger charge is 2.43. The molecule has 12 heteroatoms. The van der Waals surface area contributed by atoms with E-state index in [4.69, 9.17) is 19.3 Å². The molecule has 0 saturated heterocycles. The van der Waals surface area contributed by atoms with Crippen LogP contribution < -0.4 is 14.2 Å². The van der Waals surface area contributed by atoms with Crippen molar-refractivity contribution in [3.8, 4) is 28.5 Å². The molecule has 0 saturated carbocycles. The fourth-order valence-corrected chi connectivity index (χ4v) is 5.54. The van der Waals surface area contributed by atoms with Crippen molar-refractivity contribution in [1.82, 2.24) is 4.98 Å². The summed E-state index contributed by atoms with van der Waals surface area (Å²) in [5.41, 5.74) is 3.15. The van der Waals surface area contributed by atoms with E-state index in [-0.39, 0.29) is 37.6 Å². The Morgan fingerprint density at radius 2 is 1.85 bits per heavy atom. The Labute approximate surface area is 236 Å². The summed E-state index contributed by atoms with van der Waals surface area (Å²) in [5.74, 6) is -2.28. The van der Waals surface area contributed by atoms with Gasteiger partial charge in [-0.05, 0) is 66.3 Å². The lowest BCUT2D eigenvalue weighted by Crippen LogP contribution is -2.12. The third kappa shape index (κ3) is 7.49. The average Bonchev–Trinajstić information content (AvgIpc) is 3.25. The van der Waals surface area contributed by atoms with Crippen LogP contribution in [-0.4, -0.2) is 49.7 Å². The Morgan fingerprint density at radius 3 is 2.49 bits per heavy atom. The molecular weight excluding hydrogens is 563 g/mol. The normalized spacial score (nSPS) is 14.8. The minimum Gasteiger partial charge on any atom is -0.494 e. The van der Waals surface area contributed by atoms with Gasteiger partial charge in [-0.15, -0.1) is 0 Å². The second-order valence-corrected chi connectivity index (χ2v) is 12.3. The molecule has 1 N–H and O–H groups in total. The molecule has 3 aromatic rings. The summed E-state index contributed by atoms with van der Waals surface area (Å²) >= 11 is 0. The maximum absolute atomic E-state index is 14.0. The van der Waals surface area contributed by atoms with E-state index in [1.54, 1.807) is 12.1 Å². The summed E-state index contributed by atoms with van der Waals surface area (Å²) in [7, 11) is -3.06. The van der Waals surface area contributed by atoms with Gasteiger partial charge in [-0.25, -0.2) is 13.4 Å². The zero-order valence-electron chi connectivity index (χ0n) is 22.7. The lowest BCUT2D eigenvalue weighted by molar-refractivity contribution is -0.141. The fraction of sp³-hybridized carbons (Fsp3) is 0.379. The number of aryl methyl sites for hydroxylation is 2. The van der Waals surface area contributed by atoms with Gasteiger partial charge in [0.2, 0.25) is 5.88 Å². The number of carboxylic acid groups (broad SMARTS) is 1.